The van der Waals surface area contributed by atoms with E-state index >= 15 is 0 Å². The molecule has 0 spiro atoms. The average Bonchev–Trinajstić information content (AvgIpc) is 2.86. The summed E-state index contributed by atoms with van der Waals surface area (Å²) in [6.45, 7) is 5.30. The molecule has 1 aromatic carbocycles. The SMILES string of the molecule is CCNC(Cc1nnn(C)n1)C(CC)c1ccccc1. The van der Waals surface area contributed by atoms with Crippen LogP contribution in [0.15, 0.2) is 30.3 Å². The molecule has 20 heavy (non-hydrogen) atoms. The van der Waals surface area contributed by atoms with Gasteiger partial charge in [-0.25, -0.2) is 0 Å². The van der Waals surface area contributed by atoms with Crippen LogP contribution >= 0.6 is 0 Å². The van der Waals surface area contributed by atoms with Crippen LogP contribution in [0.4, 0.5) is 0 Å². The first-order valence-electron chi connectivity index (χ1n) is 7.25. The number of hydrogen-bond donors (Lipinski definition) is 1. The van der Waals surface area contributed by atoms with Crippen molar-refractivity contribution in [2.24, 2.45) is 7.05 Å². The molecule has 1 aromatic heterocycles. The van der Waals surface area contributed by atoms with Gasteiger partial charge in [-0.15, -0.1) is 10.2 Å². The monoisotopic (exact) mass is 273 g/mol. The van der Waals surface area contributed by atoms with Crippen molar-refractivity contribution in [3.05, 3.63) is 41.7 Å². The highest BCUT2D eigenvalue weighted by Gasteiger charge is 2.22. The predicted octanol–water partition coefficient (Wildman–Crippen LogP) is 1.92. The van der Waals surface area contributed by atoms with E-state index in [2.05, 4.69) is 64.9 Å². The number of likely N-dealkylation sites (N-methyl/N-ethyl adjacent to an activating group) is 1. The third-order valence-corrected chi connectivity index (χ3v) is 3.57. The van der Waals surface area contributed by atoms with Gasteiger partial charge in [0.1, 0.15) is 0 Å². The number of rotatable bonds is 7. The van der Waals surface area contributed by atoms with Crippen molar-refractivity contribution in [2.75, 3.05) is 6.54 Å². The number of aromatic nitrogens is 4. The first kappa shape index (κ1) is 14.7. The Morgan fingerprint density at radius 1 is 1.20 bits per heavy atom. The Balaban J connectivity index is 2.17. The van der Waals surface area contributed by atoms with Crippen LogP contribution in [0.2, 0.25) is 0 Å². The van der Waals surface area contributed by atoms with Crippen molar-refractivity contribution < 1.29 is 0 Å². The summed E-state index contributed by atoms with van der Waals surface area (Å²) >= 11 is 0. The van der Waals surface area contributed by atoms with Gasteiger partial charge in [0, 0.05) is 12.5 Å². The van der Waals surface area contributed by atoms with E-state index in [0.29, 0.717) is 12.0 Å². The van der Waals surface area contributed by atoms with Gasteiger partial charge in [-0.3, -0.25) is 0 Å². The summed E-state index contributed by atoms with van der Waals surface area (Å²) < 4.78 is 0. The molecule has 2 unspecified atom stereocenters. The van der Waals surface area contributed by atoms with Gasteiger partial charge in [0.15, 0.2) is 5.82 Å². The molecule has 1 N–H and O–H groups in total. The number of nitrogens with zero attached hydrogens (tertiary/aromatic N) is 4. The molecule has 2 atom stereocenters. The minimum absolute atomic E-state index is 0.330. The Morgan fingerprint density at radius 3 is 2.50 bits per heavy atom. The van der Waals surface area contributed by atoms with Crippen molar-refractivity contribution in [2.45, 2.75) is 38.6 Å². The minimum atomic E-state index is 0.330. The molecular formula is C15H23N5. The van der Waals surface area contributed by atoms with Gasteiger partial charge in [0.25, 0.3) is 0 Å². The molecule has 0 aliphatic heterocycles. The number of tetrazole rings is 1. The third kappa shape index (κ3) is 3.63. The molecule has 0 aliphatic carbocycles. The van der Waals surface area contributed by atoms with E-state index in [0.717, 1.165) is 25.2 Å². The molecule has 5 nitrogen and oxygen atoms in total. The van der Waals surface area contributed by atoms with Crippen molar-refractivity contribution in [1.29, 1.82) is 0 Å². The Kier molecular flexibility index (Phi) is 5.24. The highest BCUT2D eigenvalue weighted by molar-refractivity contribution is 5.21. The molecule has 108 valence electrons. The Hall–Kier alpha value is -1.75. The first-order chi connectivity index (χ1) is 9.74. The fraction of sp³-hybridized carbons (Fsp3) is 0.533. The van der Waals surface area contributed by atoms with Gasteiger partial charge in [-0.2, -0.15) is 4.80 Å². The first-order valence-corrected chi connectivity index (χ1v) is 7.25. The molecule has 0 amide bonds. The van der Waals surface area contributed by atoms with Crippen LogP contribution in [-0.2, 0) is 13.5 Å². The topological polar surface area (TPSA) is 55.6 Å². The lowest BCUT2D eigenvalue weighted by molar-refractivity contribution is 0.421. The van der Waals surface area contributed by atoms with E-state index in [-0.39, 0.29) is 0 Å². The summed E-state index contributed by atoms with van der Waals surface area (Å²) in [7, 11) is 1.80. The van der Waals surface area contributed by atoms with Crippen LogP contribution in [0.3, 0.4) is 0 Å². The zero-order valence-corrected chi connectivity index (χ0v) is 12.5. The van der Waals surface area contributed by atoms with Crippen LogP contribution in [0.25, 0.3) is 0 Å². The van der Waals surface area contributed by atoms with Gasteiger partial charge in [0.05, 0.1) is 7.05 Å². The average molecular weight is 273 g/mol. The fourth-order valence-electron chi connectivity index (χ4n) is 2.67. The maximum Gasteiger partial charge on any atom is 0.176 e. The summed E-state index contributed by atoms with van der Waals surface area (Å²) in [5.41, 5.74) is 1.37. The second-order valence-electron chi connectivity index (χ2n) is 4.99. The van der Waals surface area contributed by atoms with Gasteiger partial charge >= 0.3 is 0 Å². The van der Waals surface area contributed by atoms with Crippen LogP contribution in [-0.4, -0.2) is 32.8 Å². The number of benzene rings is 1. The highest BCUT2D eigenvalue weighted by atomic mass is 15.6. The molecule has 2 rings (SSSR count). The molecule has 1 heterocycles. The van der Waals surface area contributed by atoms with Crippen molar-refractivity contribution in [1.82, 2.24) is 25.5 Å². The molecule has 0 aliphatic rings. The second kappa shape index (κ2) is 7.14. The summed E-state index contributed by atoms with van der Waals surface area (Å²) in [5, 5.41) is 15.9. The van der Waals surface area contributed by atoms with Gasteiger partial charge in [0.2, 0.25) is 0 Å². The van der Waals surface area contributed by atoms with E-state index in [9.17, 15) is 0 Å². The summed E-state index contributed by atoms with van der Waals surface area (Å²) in [4.78, 5) is 1.52. The highest BCUT2D eigenvalue weighted by Crippen LogP contribution is 2.24. The van der Waals surface area contributed by atoms with Crippen LogP contribution in [0.1, 0.15) is 37.6 Å². The Morgan fingerprint density at radius 2 is 1.95 bits per heavy atom. The second-order valence-corrected chi connectivity index (χ2v) is 4.99. The van der Waals surface area contributed by atoms with Crippen LogP contribution < -0.4 is 5.32 Å². The molecular weight excluding hydrogens is 250 g/mol. The molecule has 0 bridgehead atoms. The smallest absolute Gasteiger partial charge is 0.176 e. The normalized spacial score (nSPS) is 14.2. The number of aryl methyl sites for hydroxylation is 1. The summed E-state index contributed by atoms with van der Waals surface area (Å²) in [6.07, 6.45) is 1.89. The number of hydrogen-bond acceptors (Lipinski definition) is 4. The lowest BCUT2D eigenvalue weighted by Crippen LogP contribution is -2.37. The van der Waals surface area contributed by atoms with E-state index in [4.69, 9.17) is 0 Å². The van der Waals surface area contributed by atoms with E-state index in [1.807, 2.05) is 0 Å². The van der Waals surface area contributed by atoms with E-state index in [1.165, 1.54) is 10.4 Å². The van der Waals surface area contributed by atoms with Crippen LogP contribution in [0.5, 0.6) is 0 Å². The molecule has 0 saturated carbocycles. The standard InChI is InChI=1S/C15H23N5/c1-4-13(12-9-7-6-8-10-12)14(16-5-2)11-15-17-19-20(3)18-15/h6-10,13-14,16H,4-5,11H2,1-3H3. The van der Waals surface area contributed by atoms with Gasteiger partial charge < -0.3 is 5.32 Å². The summed E-state index contributed by atoms with van der Waals surface area (Å²) in [5.74, 6) is 1.26. The largest absolute Gasteiger partial charge is 0.313 e. The van der Waals surface area contributed by atoms with Crippen LogP contribution in [0, 0.1) is 0 Å². The maximum atomic E-state index is 4.30. The predicted molar refractivity (Wildman–Crippen MR) is 79.4 cm³/mol. The Labute approximate surface area is 120 Å². The maximum absolute atomic E-state index is 4.30. The quantitative estimate of drug-likeness (QED) is 0.837. The van der Waals surface area contributed by atoms with E-state index < -0.39 is 0 Å². The van der Waals surface area contributed by atoms with E-state index in [1.54, 1.807) is 7.05 Å². The Bertz CT molecular complexity index is 508. The van der Waals surface area contributed by atoms with Crippen molar-refractivity contribution in [3.63, 3.8) is 0 Å². The molecule has 0 fully saturated rings. The zero-order chi connectivity index (χ0) is 14.4. The van der Waals surface area contributed by atoms with Gasteiger partial charge in [-0.05, 0) is 29.7 Å². The lowest BCUT2D eigenvalue weighted by atomic mass is 9.87. The fourth-order valence-corrected chi connectivity index (χ4v) is 2.67. The van der Waals surface area contributed by atoms with Gasteiger partial charge in [-0.1, -0.05) is 44.2 Å². The lowest BCUT2D eigenvalue weighted by Gasteiger charge is -2.26. The molecule has 0 radical (unpaired) electrons. The van der Waals surface area contributed by atoms with Crippen molar-refractivity contribution >= 4 is 0 Å². The third-order valence-electron chi connectivity index (χ3n) is 3.57. The number of nitrogens with one attached hydrogen (secondary N) is 1. The minimum Gasteiger partial charge on any atom is -0.313 e. The zero-order valence-electron chi connectivity index (χ0n) is 12.5. The molecule has 0 saturated heterocycles. The molecule has 5 heteroatoms. The summed E-state index contributed by atoms with van der Waals surface area (Å²) in [6, 6.07) is 11.0. The molecule has 2 aromatic rings. The van der Waals surface area contributed by atoms with Crippen molar-refractivity contribution in [3.8, 4) is 0 Å².